The minimum Gasteiger partial charge on any atom is -0.377 e. The molecule has 2 atom stereocenters. The molecule has 0 aliphatic carbocycles. The van der Waals surface area contributed by atoms with E-state index in [4.69, 9.17) is 4.74 Å². The summed E-state index contributed by atoms with van der Waals surface area (Å²) >= 11 is 0. The van der Waals surface area contributed by atoms with Gasteiger partial charge in [0.25, 0.3) is 0 Å². The Kier molecular flexibility index (Phi) is 8.14. The summed E-state index contributed by atoms with van der Waals surface area (Å²) in [6, 6.07) is 27.9. The molecule has 1 aliphatic heterocycles. The average Bonchev–Trinajstić information content (AvgIpc) is 2.87. The zero-order valence-corrected chi connectivity index (χ0v) is 20.1. The molecular formula is C28H31NO4S. The maximum Gasteiger partial charge on any atom is 0.223 e. The molecule has 0 bridgehead atoms. The van der Waals surface area contributed by atoms with Gasteiger partial charge in [-0.3, -0.25) is 4.79 Å². The molecule has 1 aliphatic rings. The van der Waals surface area contributed by atoms with Gasteiger partial charge >= 0.3 is 0 Å². The molecule has 1 saturated heterocycles. The lowest BCUT2D eigenvalue weighted by Gasteiger charge is -2.41. The van der Waals surface area contributed by atoms with Gasteiger partial charge in [0.1, 0.15) is 0 Å². The average molecular weight is 478 g/mol. The van der Waals surface area contributed by atoms with E-state index in [0.717, 1.165) is 11.1 Å². The van der Waals surface area contributed by atoms with Gasteiger partial charge in [0.15, 0.2) is 9.84 Å². The monoisotopic (exact) mass is 477 g/mol. The van der Waals surface area contributed by atoms with Gasteiger partial charge < -0.3 is 9.64 Å². The highest BCUT2D eigenvalue weighted by atomic mass is 32.2. The van der Waals surface area contributed by atoms with Crippen LogP contribution in [0.1, 0.15) is 36.8 Å². The van der Waals surface area contributed by atoms with E-state index in [2.05, 4.69) is 0 Å². The Hall–Kier alpha value is -2.96. The van der Waals surface area contributed by atoms with Crippen molar-refractivity contribution in [3.05, 3.63) is 102 Å². The zero-order valence-electron chi connectivity index (χ0n) is 19.3. The Bertz CT molecular complexity index is 1150. The number of sulfone groups is 1. The quantitative estimate of drug-likeness (QED) is 0.385. The van der Waals surface area contributed by atoms with Gasteiger partial charge in [-0.15, -0.1) is 0 Å². The predicted molar refractivity (Wildman–Crippen MR) is 133 cm³/mol. The molecule has 1 fully saturated rings. The number of hydrogen-bond acceptors (Lipinski definition) is 4. The van der Waals surface area contributed by atoms with Gasteiger partial charge in [-0.05, 0) is 42.5 Å². The number of carbonyl (C=O) groups is 1. The predicted octanol–water partition coefficient (Wildman–Crippen LogP) is 5.02. The molecule has 3 aromatic rings. The molecule has 3 aromatic carbocycles. The molecule has 178 valence electrons. The molecule has 6 heteroatoms. The Morgan fingerprint density at radius 1 is 0.824 bits per heavy atom. The van der Waals surface area contributed by atoms with Crippen LogP contribution >= 0.6 is 0 Å². The molecule has 34 heavy (non-hydrogen) atoms. The number of nitrogens with zero attached hydrogens (tertiary/aromatic N) is 1. The van der Waals surface area contributed by atoms with Gasteiger partial charge in [-0.2, -0.15) is 0 Å². The third-order valence-corrected chi connectivity index (χ3v) is 8.63. The number of likely N-dealkylation sites (tertiary alicyclic amines) is 1. The van der Waals surface area contributed by atoms with E-state index in [1.165, 1.54) is 0 Å². The molecular weight excluding hydrogens is 446 g/mol. The standard InChI is InChI=1S/C28H31NO4S/c30-28-19-18-27(34(31,32)25-15-8-3-9-16-25)26(29(28)21-23-11-4-1-5-12-23)17-10-20-33-22-24-13-6-2-7-14-24/h1-9,11-16,26-27H,10,17-22H2/t26-,27+/m0/s1. The van der Waals surface area contributed by atoms with Gasteiger partial charge in [-0.1, -0.05) is 78.9 Å². The lowest BCUT2D eigenvalue weighted by Crippen LogP contribution is -2.53. The van der Waals surface area contributed by atoms with Crippen LogP contribution in [0.5, 0.6) is 0 Å². The van der Waals surface area contributed by atoms with Crippen molar-refractivity contribution in [2.24, 2.45) is 0 Å². The molecule has 0 unspecified atom stereocenters. The fourth-order valence-electron chi connectivity index (χ4n) is 4.62. The molecule has 4 rings (SSSR count). The first-order valence-corrected chi connectivity index (χ1v) is 13.3. The number of amides is 1. The molecule has 0 spiro atoms. The number of rotatable bonds is 10. The van der Waals surface area contributed by atoms with Gasteiger partial charge in [0.05, 0.1) is 16.8 Å². The third kappa shape index (κ3) is 5.93. The fourth-order valence-corrected chi connectivity index (χ4v) is 6.63. The first-order valence-electron chi connectivity index (χ1n) is 11.8. The largest absolute Gasteiger partial charge is 0.377 e. The molecule has 0 saturated carbocycles. The van der Waals surface area contributed by atoms with Crippen molar-refractivity contribution in [3.8, 4) is 0 Å². The maximum atomic E-state index is 13.6. The van der Waals surface area contributed by atoms with Gasteiger partial charge in [0, 0.05) is 25.6 Å². The molecule has 1 amide bonds. The number of benzene rings is 3. The SMILES string of the molecule is O=C1CC[C@@H](S(=O)(=O)c2ccccc2)[C@H](CCCOCc2ccccc2)N1Cc1ccccc1. The lowest BCUT2D eigenvalue weighted by molar-refractivity contribution is -0.137. The van der Waals surface area contributed by atoms with E-state index in [1.54, 1.807) is 29.2 Å². The summed E-state index contributed by atoms with van der Waals surface area (Å²) < 4.78 is 33.1. The van der Waals surface area contributed by atoms with Crippen LogP contribution in [-0.2, 0) is 32.5 Å². The highest BCUT2D eigenvalue weighted by Crippen LogP contribution is 2.32. The van der Waals surface area contributed by atoms with E-state index in [1.807, 2.05) is 66.7 Å². The first-order chi connectivity index (χ1) is 16.6. The van der Waals surface area contributed by atoms with Crippen molar-refractivity contribution >= 4 is 15.7 Å². The summed E-state index contributed by atoms with van der Waals surface area (Å²) in [4.78, 5) is 15.1. The topological polar surface area (TPSA) is 63.7 Å². The highest BCUT2D eigenvalue weighted by molar-refractivity contribution is 7.92. The second-order valence-electron chi connectivity index (χ2n) is 8.69. The number of hydrogen-bond donors (Lipinski definition) is 0. The summed E-state index contributed by atoms with van der Waals surface area (Å²) in [6.07, 6.45) is 1.84. The van der Waals surface area contributed by atoms with Crippen molar-refractivity contribution < 1.29 is 17.9 Å². The van der Waals surface area contributed by atoms with E-state index < -0.39 is 21.1 Å². The lowest BCUT2D eigenvalue weighted by atomic mass is 9.96. The summed E-state index contributed by atoms with van der Waals surface area (Å²) in [7, 11) is -3.58. The minimum absolute atomic E-state index is 0.0126. The summed E-state index contributed by atoms with van der Waals surface area (Å²) in [5.74, 6) is 0.0126. The smallest absolute Gasteiger partial charge is 0.223 e. The van der Waals surface area contributed by atoms with Crippen molar-refractivity contribution in [3.63, 3.8) is 0 Å². The number of carbonyl (C=O) groups excluding carboxylic acids is 1. The van der Waals surface area contributed by atoms with Crippen molar-refractivity contribution in [2.75, 3.05) is 6.61 Å². The summed E-state index contributed by atoms with van der Waals surface area (Å²) in [5.41, 5.74) is 2.10. The van der Waals surface area contributed by atoms with Crippen LogP contribution in [-0.4, -0.2) is 37.1 Å². The van der Waals surface area contributed by atoms with Crippen molar-refractivity contribution in [2.45, 2.75) is 55.0 Å². The minimum atomic E-state index is -3.58. The van der Waals surface area contributed by atoms with Crippen molar-refractivity contribution in [1.82, 2.24) is 4.90 Å². The summed E-state index contributed by atoms with van der Waals surface area (Å²) in [5, 5.41) is -0.634. The fraction of sp³-hybridized carbons (Fsp3) is 0.321. The zero-order chi connectivity index (χ0) is 23.8. The van der Waals surface area contributed by atoms with E-state index in [0.29, 0.717) is 43.9 Å². The van der Waals surface area contributed by atoms with Crippen LogP contribution in [0.25, 0.3) is 0 Å². The van der Waals surface area contributed by atoms with Crippen LogP contribution in [0.4, 0.5) is 0 Å². The second kappa shape index (κ2) is 11.4. The molecule has 1 heterocycles. The first kappa shape index (κ1) is 24.2. The maximum absolute atomic E-state index is 13.6. The van der Waals surface area contributed by atoms with Crippen LogP contribution in [0.15, 0.2) is 95.9 Å². The Labute approximate surface area is 202 Å². The van der Waals surface area contributed by atoms with Gasteiger partial charge in [0.2, 0.25) is 5.91 Å². The molecule has 0 aromatic heterocycles. The van der Waals surface area contributed by atoms with E-state index in [-0.39, 0.29) is 12.3 Å². The second-order valence-corrected chi connectivity index (χ2v) is 10.9. The van der Waals surface area contributed by atoms with E-state index >= 15 is 0 Å². The third-order valence-electron chi connectivity index (χ3n) is 6.36. The Morgan fingerprint density at radius 2 is 1.41 bits per heavy atom. The molecule has 0 radical (unpaired) electrons. The highest BCUT2D eigenvalue weighted by Gasteiger charge is 2.42. The number of piperidine rings is 1. The normalized spacial score (nSPS) is 18.7. The van der Waals surface area contributed by atoms with Crippen LogP contribution < -0.4 is 0 Å². The van der Waals surface area contributed by atoms with Crippen molar-refractivity contribution in [1.29, 1.82) is 0 Å². The van der Waals surface area contributed by atoms with E-state index in [9.17, 15) is 13.2 Å². The van der Waals surface area contributed by atoms with Gasteiger partial charge in [-0.25, -0.2) is 8.42 Å². The van der Waals surface area contributed by atoms with Crippen LogP contribution in [0.3, 0.4) is 0 Å². The van der Waals surface area contributed by atoms with Crippen LogP contribution in [0.2, 0.25) is 0 Å². The van der Waals surface area contributed by atoms with Crippen LogP contribution in [0, 0.1) is 0 Å². The molecule has 0 N–H and O–H groups in total. The Balaban J connectivity index is 1.51. The molecule has 5 nitrogen and oxygen atoms in total. The Morgan fingerprint density at radius 3 is 2.06 bits per heavy atom. The summed E-state index contributed by atoms with van der Waals surface area (Å²) in [6.45, 7) is 1.44. The number of ether oxygens (including phenoxy) is 1.